The van der Waals surface area contributed by atoms with E-state index in [2.05, 4.69) is 12.2 Å². The molecule has 156 valence electrons. The van der Waals surface area contributed by atoms with Gasteiger partial charge < -0.3 is 19.9 Å². The molecule has 0 aliphatic carbocycles. The summed E-state index contributed by atoms with van der Waals surface area (Å²) in [5, 5.41) is 11.7. The molecule has 0 aromatic carbocycles. The first-order chi connectivity index (χ1) is 12.7. The van der Waals surface area contributed by atoms with Crippen molar-refractivity contribution in [2.75, 3.05) is 26.9 Å². The predicted octanol–water partition coefficient (Wildman–Crippen LogP) is 5.20. The minimum Gasteiger partial charge on any atom is -0.447 e. The van der Waals surface area contributed by atoms with Crippen molar-refractivity contribution in [2.24, 2.45) is 0 Å². The fraction of sp³-hybridized carbons (Fsp3) is 0.952. The van der Waals surface area contributed by atoms with Crippen molar-refractivity contribution in [1.82, 2.24) is 5.32 Å². The zero-order valence-corrected chi connectivity index (χ0v) is 17.3. The van der Waals surface area contributed by atoms with E-state index in [4.69, 9.17) is 14.6 Å². The first-order valence-corrected chi connectivity index (χ1v) is 10.8. The highest BCUT2D eigenvalue weighted by atomic mass is 16.6. The van der Waals surface area contributed by atoms with E-state index in [1.165, 1.54) is 84.2 Å². The monoisotopic (exact) mass is 373 g/mol. The molecule has 5 heteroatoms. The fourth-order valence-corrected chi connectivity index (χ4v) is 2.92. The van der Waals surface area contributed by atoms with Crippen LogP contribution in [0.3, 0.4) is 0 Å². The van der Waals surface area contributed by atoms with Gasteiger partial charge in [-0.3, -0.25) is 0 Å². The molecule has 0 aromatic heterocycles. The summed E-state index contributed by atoms with van der Waals surface area (Å²) >= 11 is 0. The summed E-state index contributed by atoms with van der Waals surface area (Å²) in [5.41, 5.74) is 0. The molecule has 1 amide bonds. The third-order valence-corrected chi connectivity index (χ3v) is 4.74. The van der Waals surface area contributed by atoms with Crippen LogP contribution in [0.15, 0.2) is 0 Å². The van der Waals surface area contributed by atoms with Crippen LogP contribution in [0.25, 0.3) is 0 Å². The lowest BCUT2D eigenvalue weighted by molar-refractivity contribution is 0.00177. The predicted molar refractivity (Wildman–Crippen MR) is 108 cm³/mol. The van der Waals surface area contributed by atoms with Gasteiger partial charge in [0.25, 0.3) is 0 Å². The number of amides is 1. The third-order valence-electron chi connectivity index (χ3n) is 4.74. The van der Waals surface area contributed by atoms with Gasteiger partial charge in [0, 0.05) is 13.7 Å². The highest BCUT2D eigenvalue weighted by Gasteiger charge is 2.09. The number of hydrogen-bond acceptors (Lipinski definition) is 4. The molecule has 0 aliphatic heterocycles. The first-order valence-electron chi connectivity index (χ1n) is 10.8. The number of aliphatic hydroxyl groups is 1. The lowest BCUT2D eigenvalue weighted by Gasteiger charge is -2.12. The van der Waals surface area contributed by atoms with Crippen molar-refractivity contribution < 1.29 is 19.4 Å². The summed E-state index contributed by atoms with van der Waals surface area (Å²) < 4.78 is 9.90. The molecule has 2 N–H and O–H groups in total. The van der Waals surface area contributed by atoms with Crippen molar-refractivity contribution in [3.63, 3.8) is 0 Å². The van der Waals surface area contributed by atoms with Crippen molar-refractivity contribution in [3.8, 4) is 0 Å². The van der Waals surface area contributed by atoms with Crippen molar-refractivity contribution >= 4 is 6.09 Å². The molecule has 26 heavy (non-hydrogen) atoms. The van der Waals surface area contributed by atoms with Crippen LogP contribution in [-0.2, 0) is 9.47 Å². The zero-order valence-electron chi connectivity index (χ0n) is 17.3. The normalized spacial score (nSPS) is 12.1. The van der Waals surface area contributed by atoms with Gasteiger partial charge in [0.05, 0.1) is 6.61 Å². The summed E-state index contributed by atoms with van der Waals surface area (Å²) in [4.78, 5) is 11.4. The van der Waals surface area contributed by atoms with Crippen LogP contribution >= 0.6 is 0 Å². The Balaban J connectivity index is 3.18. The van der Waals surface area contributed by atoms with Crippen LogP contribution in [0.1, 0.15) is 96.8 Å². The quantitative estimate of drug-likeness (QED) is 0.305. The zero-order chi connectivity index (χ0) is 19.3. The molecule has 5 nitrogen and oxygen atoms in total. The molecule has 0 heterocycles. The van der Waals surface area contributed by atoms with Crippen molar-refractivity contribution in [3.05, 3.63) is 0 Å². The SMILES string of the molecule is CCCCCCCCCCCCCCCCNC(=O)OCC(CO)OC. The number of carbonyl (C=O) groups is 1. The maximum Gasteiger partial charge on any atom is 0.407 e. The number of carbonyl (C=O) groups excluding carboxylic acids is 1. The molecule has 0 aromatic rings. The Morgan fingerprint density at radius 2 is 1.31 bits per heavy atom. The number of ether oxygens (including phenoxy) is 2. The molecule has 1 atom stereocenters. The highest BCUT2D eigenvalue weighted by molar-refractivity contribution is 5.67. The Bertz CT molecular complexity index is 296. The number of nitrogens with one attached hydrogen (secondary N) is 1. The number of alkyl carbamates (subject to hydrolysis) is 1. The smallest absolute Gasteiger partial charge is 0.407 e. The van der Waals surface area contributed by atoms with Gasteiger partial charge in [0.1, 0.15) is 12.7 Å². The first kappa shape index (κ1) is 25.2. The third kappa shape index (κ3) is 18.0. The minimum atomic E-state index is -0.443. The number of aliphatic hydroxyl groups excluding tert-OH is 1. The second-order valence-electron chi connectivity index (χ2n) is 7.16. The van der Waals surface area contributed by atoms with E-state index in [1.807, 2.05) is 0 Å². The summed E-state index contributed by atoms with van der Waals surface area (Å²) in [6.45, 7) is 2.84. The second kappa shape index (κ2) is 20.5. The number of unbranched alkanes of at least 4 members (excludes halogenated alkanes) is 13. The van der Waals surface area contributed by atoms with Gasteiger partial charge in [0.15, 0.2) is 0 Å². The van der Waals surface area contributed by atoms with E-state index in [9.17, 15) is 4.79 Å². The largest absolute Gasteiger partial charge is 0.447 e. The van der Waals surface area contributed by atoms with Gasteiger partial charge in [0.2, 0.25) is 0 Å². The Hall–Kier alpha value is -0.810. The molecule has 0 aliphatic rings. The van der Waals surface area contributed by atoms with Crippen molar-refractivity contribution in [2.45, 2.75) is 103 Å². The Morgan fingerprint density at radius 1 is 0.846 bits per heavy atom. The van der Waals surface area contributed by atoms with Crippen molar-refractivity contribution in [1.29, 1.82) is 0 Å². The molecule has 0 bridgehead atoms. The molecule has 0 saturated heterocycles. The van der Waals surface area contributed by atoms with E-state index in [-0.39, 0.29) is 13.2 Å². The van der Waals surface area contributed by atoms with Crippen LogP contribution in [0.5, 0.6) is 0 Å². The van der Waals surface area contributed by atoms with E-state index in [1.54, 1.807) is 0 Å². The highest BCUT2D eigenvalue weighted by Crippen LogP contribution is 2.12. The fourth-order valence-electron chi connectivity index (χ4n) is 2.92. The number of rotatable bonds is 19. The van der Waals surface area contributed by atoms with Crippen LogP contribution in [-0.4, -0.2) is 44.2 Å². The molecule has 1 unspecified atom stereocenters. The lowest BCUT2D eigenvalue weighted by Crippen LogP contribution is -2.30. The summed E-state index contributed by atoms with van der Waals surface area (Å²) in [6.07, 6.45) is 17.7. The Morgan fingerprint density at radius 3 is 1.73 bits per heavy atom. The maximum absolute atomic E-state index is 11.4. The van der Waals surface area contributed by atoms with E-state index >= 15 is 0 Å². The summed E-state index contributed by atoms with van der Waals surface area (Å²) in [7, 11) is 1.48. The Labute approximate surface area is 161 Å². The van der Waals surface area contributed by atoms with E-state index in [0.29, 0.717) is 6.54 Å². The average Bonchev–Trinajstić information content (AvgIpc) is 2.65. The molecule has 0 spiro atoms. The van der Waals surface area contributed by atoms with Gasteiger partial charge in [-0.05, 0) is 6.42 Å². The van der Waals surface area contributed by atoms with Gasteiger partial charge >= 0.3 is 6.09 Å². The second-order valence-corrected chi connectivity index (χ2v) is 7.16. The van der Waals surface area contributed by atoms with Crippen LogP contribution in [0.4, 0.5) is 4.79 Å². The lowest BCUT2D eigenvalue weighted by atomic mass is 10.0. The summed E-state index contributed by atoms with van der Waals surface area (Å²) in [5.74, 6) is 0. The van der Waals surface area contributed by atoms with Gasteiger partial charge in [-0.2, -0.15) is 0 Å². The summed E-state index contributed by atoms with van der Waals surface area (Å²) in [6, 6.07) is 0. The molecular formula is C21H43NO4. The molecule has 0 radical (unpaired) electrons. The molecule has 0 fully saturated rings. The van der Waals surface area contributed by atoms with E-state index < -0.39 is 12.2 Å². The van der Waals surface area contributed by atoms with Crippen LogP contribution in [0, 0.1) is 0 Å². The van der Waals surface area contributed by atoms with Crippen LogP contribution < -0.4 is 5.32 Å². The van der Waals surface area contributed by atoms with E-state index in [0.717, 1.165) is 12.8 Å². The molecule has 0 saturated carbocycles. The Kier molecular flexibility index (Phi) is 19.9. The van der Waals surface area contributed by atoms with Gasteiger partial charge in [-0.1, -0.05) is 90.4 Å². The van der Waals surface area contributed by atoms with Crippen LogP contribution in [0.2, 0.25) is 0 Å². The molecule has 0 rings (SSSR count). The topological polar surface area (TPSA) is 67.8 Å². The molecular weight excluding hydrogens is 330 g/mol. The average molecular weight is 374 g/mol. The maximum atomic E-state index is 11.4. The van der Waals surface area contributed by atoms with Gasteiger partial charge in [-0.25, -0.2) is 4.79 Å². The number of hydrogen-bond donors (Lipinski definition) is 2. The number of methoxy groups -OCH3 is 1. The standard InChI is InChI=1S/C21H43NO4/c1-3-4-5-6-7-8-9-10-11-12-13-14-15-16-17-22-21(24)26-19-20(18-23)25-2/h20,23H,3-19H2,1-2H3,(H,22,24). The van der Waals surface area contributed by atoms with Gasteiger partial charge in [-0.15, -0.1) is 0 Å². The minimum absolute atomic E-state index is 0.0809.